The fourth-order valence-corrected chi connectivity index (χ4v) is 2.36. The molecule has 4 nitrogen and oxygen atoms in total. The van der Waals surface area contributed by atoms with Crippen molar-refractivity contribution in [2.45, 2.75) is 52.1 Å². The fraction of sp³-hybridized carbons (Fsp3) is 0.600. The first-order valence-electron chi connectivity index (χ1n) is 6.82. The lowest BCUT2D eigenvalue weighted by atomic mass is 10.0. The van der Waals surface area contributed by atoms with Crippen LogP contribution in [0.2, 0.25) is 0 Å². The SMILES string of the molecule is CC(C)(C)OC(=O)c1c(CCCCCO)ccnc1Br. The lowest BCUT2D eigenvalue weighted by molar-refractivity contribution is 0.00666. The van der Waals surface area contributed by atoms with E-state index in [-0.39, 0.29) is 12.6 Å². The minimum Gasteiger partial charge on any atom is -0.456 e. The van der Waals surface area contributed by atoms with Crippen LogP contribution in [0.5, 0.6) is 0 Å². The summed E-state index contributed by atoms with van der Waals surface area (Å²) in [6.07, 6.45) is 5.10. The van der Waals surface area contributed by atoms with Gasteiger partial charge in [0.2, 0.25) is 0 Å². The number of carbonyl (C=O) groups is 1. The van der Waals surface area contributed by atoms with E-state index < -0.39 is 5.60 Å². The van der Waals surface area contributed by atoms with Crippen LogP contribution < -0.4 is 0 Å². The Morgan fingerprint density at radius 2 is 2.05 bits per heavy atom. The molecule has 0 aliphatic heterocycles. The van der Waals surface area contributed by atoms with Crippen molar-refractivity contribution in [3.8, 4) is 0 Å². The number of aliphatic hydroxyl groups is 1. The van der Waals surface area contributed by atoms with Crippen LogP contribution in [0, 0.1) is 0 Å². The minimum atomic E-state index is -0.527. The van der Waals surface area contributed by atoms with Gasteiger partial charge in [0, 0.05) is 12.8 Å². The highest BCUT2D eigenvalue weighted by Gasteiger charge is 2.23. The maximum absolute atomic E-state index is 12.3. The number of unbranched alkanes of at least 4 members (excludes halogenated alkanes) is 2. The average molecular weight is 344 g/mol. The second-order valence-electron chi connectivity index (χ2n) is 5.67. The molecule has 0 unspecified atom stereocenters. The van der Waals surface area contributed by atoms with Gasteiger partial charge in [-0.1, -0.05) is 6.42 Å². The standard InChI is InChI=1S/C15H22BrNO3/c1-15(2,3)20-14(19)12-11(7-5-4-6-10-18)8-9-17-13(12)16/h8-9,18H,4-7,10H2,1-3H3. The summed E-state index contributed by atoms with van der Waals surface area (Å²) < 4.78 is 5.94. The molecule has 0 saturated heterocycles. The van der Waals surface area contributed by atoms with Gasteiger partial charge in [0.25, 0.3) is 0 Å². The quantitative estimate of drug-likeness (QED) is 0.487. The first kappa shape index (κ1) is 17.1. The Bertz CT molecular complexity index is 455. The van der Waals surface area contributed by atoms with Crippen LogP contribution in [-0.2, 0) is 11.2 Å². The van der Waals surface area contributed by atoms with Crippen molar-refractivity contribution in [3.63, 3.8) is 0 Å². The number of aromatic nitrogens is 1. The zero-order chi connectivity index (χ0) is 15.2. The highest BCUT2D eigenvalue weighted by molar-refractivity contribution is 9.10. The summed E-state index contributed by atoms with van der Waals surface area (Å²) in [5.74, 6) is -0.352. The molecule has 0 bridgehead atoms. The molecule has 1 rings (SSSR count). The highest BCUT2D eigenvalue weighted by atomic mass is 79.9. The topological polar surface area (TPSA) is 59.4 Å². The predicted molar refractivity (Wildman–Crippen MR) is 81.7 cm³/mol. The number of carbonyl (C=O) groups excluding carboxylic acids is 1. The number of ether oxygens (including phenoxy) is 1. The van der Waals surface area contributed by atoms with Crippen molar-refractivity contribution in [1.82, 2.24) is 4.98 Å². The number of esters is 1. The number of hydrogen-bond acceptors (Lipinski definition) is 4. The normalized spacial score (nSPS) is 11.4. The molecule has 0 amide bonds. The zero-order valence-electron chi connectivity index (χ0n) is 12.3. The van der Waals surface area contributed by atoms with Gasteiger partial charge in [-0.05, 0) is 67.6 Å². The van der Waals surface area contributed by atoms with Gasteiger partial charge in [-0.3, -0.25) is 0 Å². The number of nitrogens with zero attached hydrogens (tertiary/aromatic N) is 1. The summed E-state index contributed by atoms with van der Waals surface area (Å²) in [6, 6.07) is 1.85. The Morgan fingerprint density at radius 3 is 2.65 bits per heavy atom. The molecule has 0 aromatic carbocycles. The number of halogens is 1. The molecular formula is C15H22BrNO3. The molecule has 5 heteroatoms. The molecule has 1 aromatic rings. The van der Waals surface area contributed by atoms with Crippen LogP contribution in [0.15, 0.2) is 16.9 Å². The molecule has 1 aromatic heterocycles. The Morgan fingerprint density at radius 1 is 1.35 bits per heavy atom. The van der Waals surface area contributed by atoms with Crippen molar-refractivity contribution >= 4 is 21.9 Å². The fourth-order valence-electron chi connectivity index (χ4n) is 1.83. The summed E-state index contributed by atoms with van der Waals surface area (Å²) >= 11 is 3.33. The molecule has 0 saturated carbocycles. The smallest absolute Gasteiger partial charge is 0.341 e. The third-order valence-electron chi connectivity index (χ3n) is 2.70. The summed E-state index contributed by atoms with van der Waals surface area (Å²) in [6.45, 7) is 5.74. The molecule has 0 aliphatic rings. The van der Waals surface area contributed by atoms with Crippen molar-refractivity contribution in [2.75, 3.05) is 6.61 Å². The van der Waals surface area contributed by atoms with Gasteiger partial charge in [-0.2, -0.15) is 0 Å². The van der Waals surface area contributed by atoms with E-state index in [1.165, 1.54) is 0 Å². The van der Waals surface area contributed by atoms with Crippen molar-refractivity contribution < 1.29 is 14.6 Å². The Kier molecular flexibility index (Phi) is 6.62. The minimum absolute atomic E-state index is 0.207. The van der Waals surface area contributed by atoms with Crippen LogP contribution >= 0.6 is 15.9 Å². The van der Waals surface area contributed by atoms with Gasteiger partial charge < -0.3 is 9.84 Å². The number of rotatable bonds is 6. The van der Waals surface area contributed by atoms with E-state index in [0.29, 0.717) is 10.2 Å². The Labute approximate surface area is 128 Å². The second-order valence-corrected chi connectivity index (χ2v) is 6.42. The predicted octanol–water partition coefficient (Wildman–Crippen LogP) is 3.50. The van der Waals surface area contributed by atoms with Gasteiger partial charge in [0.15, 0.2) is 0 Å². The first-order chi connectivity index (χ1) is 9.35. The summed E-state index contributed by atoms with van der Waals surface area (Å²) in [4.78, 5) is 16.4. The lowest BCUT2D eigenvalue weighted by Crippen LogP contribution is -2.25. The summed E-state index contributed by atoms with van der Waals surface area (Å²) in [5, 5.41) is 8.79. The largest absolute Gasteiger partial charge is 0.456 e. The number of hydrogen-bond donors (Lipinski definition) is 1. The molecule has 0 fully saturated rings. The van der Waals surface area contributed by atoms with E-state index in [1.54, 1.807) is 6.20 Å². The van der Waals surface area contributed by atoms with E-state index in [1.807, 2.05) is 26.8 Å². The molecule has 1 N–H and O–H groups in total. The lowest BCUT2D eigenvalue weighted by Gasteiger charge is -2.21. The third kappa shape index (κ3) is 5.59. The van der Waals surface area contributed by atoms with E-state index >= 15 is 0 Å². The first-order valence-corrected chi connectivity index (χ1v) is 7.62. The monoisotopic (exact) mass is 343 g/mol. The van der Waals surface area contributed by atoms with Crippen molar-refractivity contribution in [2.24, 2.45) is 0 Å². The van der Waals surface area contributed by atoms with Crippen molar-refractivity contribution in [3.05, 3.63) is 28.0 Å². The number of pyridine rings is 1. The summed E-state index contributed by atoms with van der Waals surface area (Å²) in [7, 11) is 0. The number of aryl methyl sites for hydroxylation is 1. The molecule has 0 radical (unpaired) electrons. The van der Waals surface area contributed by atoms with E-state index in [2.05, 4.69) is 20.9 Å². The maximum Gasteiger partial charge on any atom is 0.341 e. The zero-order valence-corrected chi connectivity index (χ0v) is 13.9. The highest BCUT2D eigenvalue weighted by Crippen LogP contribution is 2.23. The Balaban J connectivity index is 2.85. The Hall–Kier alpha value is -0.940. The third-order valence-corrected chi connectivity index (χ3v) is 3.30. The second kappa shape index (κ2) is 7.74. The molecule has 0 aliphatic carbocycles. The summed E-state index contributed by atoms with van der Waals surface area (Å²) in [5.41, 5.74) is 0.908. The average Bonchev–Trinajstić information content (AvgIpc) is 2.32. The van der Waals surface area contributed by atoms with Crippen LogP contribution in [0.3, 0.4) is 0 Å². The van der Waals surface area contributed by atoms with E-state index in [9.17, 15) is 4.79 Å². The van der Waals surface area contributed by atoms with Crippen LogP contribution in [-0.4, -0.2) is 28.3 Å². The molecule has 112 valence electrons. The van der Waals surface area contributed by atoms with E-state index in [4.69, 9.17) is 9.84 Å². The van der Waals surface area contributed by atoms with Crippen LogP contribution in [0.25, 0.3) is 0 Å². The number of aliphatic hydroxyl groups excluding tert-OH is 1. The molecule has 1 heterocycles. The van der Waals surface area contributed by atoms with E-state index in [0.717, 1.165) is 31.2 Å². The van der Waals surface area contributed by atoms with Crippen LogP contribution in [0.4, 0.5) is 0 Å². The van der Waals surface area contributed by atoms with Gasteiger partial charge >= 0.3 is 5.97 Å². The van der Waals surface area contributed by atoms with Crippen molar-refractivity contribution in [1.29, 1.82) is 0 Å². The molecule has 20 heavy (non-hydrogen) atoms. The molecular weight excluding hydrogens is 322 g/mol. The van der Waals surface area contributed by atoms with Gasteiger partial charge in [0.05, 0.1) is 5.56 Å². The maximum atomic E-state index is 12.3. The van der Waals surface area contributed by atoms with Gasteiger partial charge in [-0.25, -0.2) is 9.78 Å². The molecule has 0 atom stereocenters. The van der Waals surface area contributed by atoms with Crippen LogP contribution in [0.1, 0.15) is 56.0 Å². The van der Waals surface area contributed by atoms with Gasteiger partial charge in [0.1, 0.15) is 10.2 Å². The molecule has 0 spiro atoms. The van der Waals surface area contributed by atoms with Gasteiger partial charge in [-0.15, -0.1) is 0 Å².